The summed E-state index contributed by atoms with van der Waals surface area (Å²) in [7, 11) is 0. The molecule has 0 unspecified atom stereocenters. The van der Waals surface area contributed by atoms with Crippen LogP contribution in [0, 0.1) is 5.92 Å². The van der Waals surface area contributed by atoms with E-state index in [-0.39, 0.29) is 18.9 Å². The Bertz CT molecular complexity index is 937. The molecule has 0 bridgehead atoms. The van der Waals surface area contributed by atoms with E-state index in [1.54, 1.807) is 11.0 Å². The number of nitrogens with zero attached hydrogens (tertiary/aromatic N) is 2. The van der Waals surface area contributed by atoms with Crippen molar-refractivity contribution < 1.29 is 18.8 Å². The first-order valence-corrected chi connectivity index (χ1v) is 8.74. The van der Waals surface area contributed by atoms with E-state index in [1.807, 2.05) is 60.7 Å². The van der Waals surface area contributed by atoms with Gasteiger partial charge < -0.3 is 14.2 Å². The molecule has 27 heavy (non-hydrogen) atoms. The molecule has 6 heteroatoms. The molecule has 1 aliphatic heterocycles. The molecule has 1 aliphatic rings. The molecule has 2 aromatic carbocycles. The van der Waals surface area contributed by atoms with Gasteiger partial charge in [0.05, 0.1) is 5.92 Å². The van der Waals surface area contributed by atoms with E-state index in [9.17, 15) is 9.59 Å². The van der Waals surface area contributed by atoms with Crippen molar-refractivity contribution >= 4 is 17.6 Å². The smallest absolute Gasteiger partial charge is 0.311 e. The van der Waals surface area contributed by atoms with E-state index in [0.29, 0.717) is 18.0 Å². The maximum absolute atomic E-state index is 12.4. The van der Waals surface area contributed by atoms with Gasteiger partial charge in [-0.15, -0.1) is 0 Å². The van der Waals surface area contributed by atoms with Crippen molar-refractivity contribution in [2.45, 2.75) is 13.0 Å². The zero-order valence-electron chi connectivity index (χ0n) is 14.6. The van der Waals surface area contributed by atoms with Crippen molar-refractivity contribution in [1.29, 1.82) is 0 Å². The van der Waals surface area contributed by atoms with Crippen molar-refractivity contribution in [2.24, 2.45) is 5.92 Å². The first-order valence-electron chi connectivity index (χ1n) is 8.74. The monoisotopic (exact) mass is 362 g/mol. The second-order valence-electron chi connectivity index (χ2n) is 6.40. The second-order valence-corrected chi connectivity index (χ2v) is 6.40. The van der Waals surface area contributed by atoms with Crippen LogP contribution >= 0.6 is 0 Å². The highest BCUT2D eigenvalue weighted by molar-refractivity contribution is 5.99. The Labute approximate surface area is 156 Å². The molecule has 1 fully saturated rings. The van der Waals surface area contributed by atoms with Crippen LogP contribution in [0.5, 0.6) is 0 Å². The molecule has 2 heterocycles. The fraction of sp³-hybridized carbons (Fsp3) is 0.190. The molecule has 0 saturated carbocycles. The van der Waals surface area contributed by atoms with Gasteiger partial charge in [0, 0.05) is 30.3 Å². The zero-order chi connectivity index (χ0) is 18.6. The predicted octanol–water partition coefficient (Wildman–Crippen LogP) is 3.44. The fourth-order valence-electron chi connectivity index (χ4n) is 3.10. The first kappa shape index (κ1) is 17.0. The molecule has 4 rings (SSSR count). The lowest BCUT2D eigenvalue weighted by molar-refractivity contribution is -0.149. The van der Waals surface area contributed by atoms with Crippen LogP contribution in [-0.4, -0.2) is 23.6 Å². The van der Waals surface area contributed by atoms with Gasteiger partial charge in [0.1, 0.15) is 12.3 Å². The number of carbonyl (C=O) groups excluding carboxylic acids is 2. The molecule has 0 aliphatic carbocycles. The van der Waals surface area contributed by atoms with E-state index < -0.39 is 11.9 Å². The van der Waals surface area contributed by atoms with Gasteiger partial charge >= 0.3 is 5.97 Å². The van der Waals surface area contributed by atoms with Crippen LogP contribution in [0.25, 0.3) is 11.3 Å². The predicted molar refractivity (Wildman–Crippen MR) is 98.6 cm³/mol. The Hall–Kier alpha value is -3.41. The van der Waals surface area contributed by atoms with E-state index in [0.717, 1.165) is 11.3 Å². The Morgan fingerprint density at radius 1 is 1.11 bits per heavy atom. The quantitative estimate of drug-likeness (QED) is 0.650. The average Bonchev–Trinajstić information content (AvgIpc) is 3.34. The highest BCUT2D eigenvalue weighted by atomic mass is 16.5. The van der Waals surface area contributed by atoms with Crippen molar-refractivity contribution in [2.75, 3.05) is 11.4 Å². The summed E-state index contributed by atoms with van der Waals surface area (Å²) in [5, 5.41) is 3.94. The third-order valence-electron chi connectivity index (χ3n) is 4.51. The van der Waals surface area contributed by atoms with Gasteiger partial charge in [-0.3, -0.25) is 9.59 Å². The topological polar surface area (TPSA) is 72.6 Å². The minimum atomic E-state index is -0.474. The maximum Gasteiger partial charge on any atom is 0.311 e. The molecule has 3 aromatic rings. The largest absolute Gasteiger partial charge is 0.459 e. The molecule has 136 valence electrons. The summed E-state index contributed by atoms with van der Waals surface area (Å²) in [4.78, 5) is 26.2. The number of anilines is 1. The minimum Gasteiger partial charge on any atom is -0.459 e. The number of hydrogen-bond donors (Lipinski definition) is 0. The number of aromatic nitrogens is 1. The van der Waals surface area contributed by atoms with Gasteiger partial charge in [-0.2, -0.15) is 0 Å². The van der Waals surface area contributed by atoms with Crippen LogP contribution in [-0.2, 0) is 20.9 Å². The summed E-state index contributed by atoms with van der Waals surface area (Å²) in [6.45, 7) is 0.348. The third kappa shape index (κ3) is 3.74. The van der Waals surface area contributed by atoms with Gasteiger partial charge in [-0.05, 0) is 12.1 Å². The van der Waals surface area contributed by atoms with Crippen molar-refractivity contribution in [3.8, 4) is 11.3 Å². The zero-order valence-corrected chi connectivity index (χ0v) is 14.6. The molecule has 1 aromatic heterocycles. The van der Waals surface area contributed by atoms with Crippen LogP contribution < -0.4 is 4.90 Å². The highest BCUT2D eigenvalue weighted by Crippen LogP contribution is 2.26. The number of rotatable bonds is 5. The van der Waals surface area contributed by atoms with Crippen LogP contribution in [0.1, 0.15) is 12.1 Å². The number of hydrogen-bond acceptors (Lipinski definition) is 5. The van der Waals surface area contributed by atoms with Crippen LogP contribution in [0.15, 0.2) is 71.3 Å². The molecule has 1 amide bonds. The minimum absolute atomic E-state index is 0.0190. The van der Waals surface area contributed by atoms with Gasteiger partial charge in [-0.25, -0.2) is 0 Å². The van der Waals surface area contributed by atoms with Crippen LogP contribution in [0.2, 0.25) is 0 Å². The second kappa shape index (κ2) is 7.45. The van der Waals surface area contributed by atoms with E-state index in [2.05, 4.69) is 5.16 Å². The molecule has 0 radical (unpaired) electrons. The standard InChI is InChI=1S/C21H18N2O4/c24-20-11-16(13-23(20)18-9-5-2-6-10-18)21(25)26-14-17-12-19(27-22-17)15-7-3-1-4-8-15/h1-10,12,16H,11,13-14H2/t16-/m1/s1. The van der Waals surface area contributed by atoms with E-state index in [4.69, 9.17) is 9.26 Å². The maximum atomic E-state index is 12.4. The molecule has 6 nitrogen and oxygen atoms in total. The Balaban J connectivity index is 1.35. The third-order valence-corrected chi connectivity index (χ3v) is 4.51. The van der Waals surface area contributed by atoms with Gasteiger partial charge in [-0.1, -0.05) is 53.7 Å². The number of benzene rings is 2. The van der Waals surface area contributed by atoms with Crippen molar-refractivity contribution in [1.82, 2.24) is 5.16 Å². The molecule has 1 saturated heterocycles. The van der Waals surface area contributed by atoms with Gasteiger partial charge in [0.25, 0.3) is 0 Å². The van der Waals surface area contributed by atoms with E-state index in [1.165, 1.54) is 0 Å². The SMILES string of the molecule is O=C(OCc1cc(-c2ccccc2)on1)[C@@H]1CC(=O)N(c2ccccc2)C1. The summed E-state index contributed by atoms with van der Waals surface area (Å²) in [5.41, 5.74) is 2.23. The van der Waals surface area contributed by atoms with E-state index >= 15 is 0 Å². The molecular weight excluding hydrogens is 344 g/mol. The number of para-hydroxylation sites is 1. The summed E-state index contributed by atoms with van der Waals surface area (Å²) in [6.07, 6.45) is 0.155. The van der Waals surface area contributed by atoms with Crippen molar-refractivity contribution in [3.05, 3.63) is 72.4 Å². The molecule has 1 atom stereocenters. The number of carbonyl (C=O) groups is 2. The van der Waals surface area contributed by atoms with Gasteiger partial charge in [0.2, 0.25) is 5.91 Å². The normalized spacial score (nSPS) is 16.5. The lowest BCUT2D eigenvalue weighted by Crippen LogP contribution is -2.26. The molecule has 0 spiro atoms. The Morgan fingerprint density at radius 2 is 1.81 bits per heavy atom. The summed E-state index contributed by atoms with van der Waals surface area (Å²) < 4.78 is 10.7. The Kier molecular flexibility index (Phi) is 4.70. The fourth-order valence-corrected chi connectivity index (χ4v) is 3.10. The molecular formula is C21H18N2O4. The van der Waals surface area contributed by atoms with Gasteiger partial charge in [0.15, 0.2) is 5.76 Å². The first-order chi connectivity index (χ1) is 13.2. The average molecular weight is 362 g/mol. The van der Waals surface area contributed by atoms with Crippen LogP contribution in [0.4, 0.5) is 5.69 Å². The molecule has 0 N–H and O–H groups in total. The number of ether oxygens (including phenoxy) is 1. The summed E-state index contributed by atoms with van der Waals surface area (Å²) in [5.74, 6) is -0.326. The summed E-state index contributed by atoms with van der Waals surface area (Å²) >= 11 is 0. The lowest BCUT2D eigenvalue weighted by Gasteiger charge is -2.16. The summed E-state index contributed by atoms with van der Waals surface area (Å²) in [6, 6.07) is 20.6. The van der Waals surface area contributed by atoms with Crippen molar-refractivity contribution in [3.63, 3.8) is 0 Å². The highest BCUT2D eigenvalue weighted by Gasteiger charge is 2.36. The van der Waals surface area contributed by atoms with Crippen LogP contribution in [0.3, 0.4) is 0 Å². The Morgan fingerprint density at radius 3 is 2.56 bits per heavy atom. The number of esters is 1. The number of amides is 1. The lowest BCUT2D eigenvalue weighted by atomic mass is 10.1.